The number of hydrogen-bond acceptors (Lipinski definition) is 8. The fourth-order valence-corrected chi connectivity index (χ4v) is 5.03. The van der Waals surface area contributed by atoms with E-state index in [1.54, 1.807) is 35.2 Å². The van der Waals surface area contributed by atoms with Crippen LogP contribution in [-0.4, -0.2) is 69.3 Å². The summed E-state index contributed by atoms with van der Waals surface area (Å²) in [6.07, 6.45) is 0.873. The lowest BCUT2D eigenvalue weighted by molar-refractivity contribution is 0.0740. The van der Waals surface area contributed by atoms with Crippen LogP contribution in [0.15, 0.2) is 41.8 Å². The molecule has 0 spiro atoms. The Balaban J connectivity index is 1.85. The van der Waals surface area contributed by atoms with Crippen LogP contribution >= 0.6 is 11.3 Å². The summed E-state index contributed by atoms with van der Waals surface area (Å²) < 4.78 is 51.8. The molecule has 3 rings (SSSR count). The number of carbonyl (C=O) groups excluding carboxylic acids is 2. The first-order valence-electron chi connectivity index (χ1n) is 11.9. The number of methoxy groups -OCH3 is 2. The van der Waals surface area contributed by atoms with Crippen molar-refractivity contribution in [2.24, 2.45) is 0 Å². The standard InChI is InChI=1S/C26H31FN4O6S2/c1-17-22(36-4)13-19(14-23(17)37-5)26(33)31(12-8-10-18-9-6-7-11-20(18)27)15-24-28-21(16-38-24)25(32)29-39(34,35)30(2)3/h6-7,9,11,13-14,16H,8,10,12,15H2,1-5H3,(H,29,32). The molecule has 0 saturated heterocycles. The van der Waals surface area contributed by atoms with Crippen molar-refractivity contribution in [3.63, 3.8) is 0 Å². The largest absolute Gasteiger partial charge is 0.496 e. The second-order valence-corrected chi connectivity index (χ2v) is 11.6. The molecule has 210 valence electrons. The van der Waals surface area contributed by atoms with Crippen LogP contribution in [0.3, 0.4) is 0 Å². The highest BCUT2D eigenvalue weighted by atomic mass is 32.2. The maximum atomic E-state index is 14.1. The molecule has 0 fully saturated rings. The first kappa shape index (κ1) is 30.0. The van der Waals surface area contributed by atoms with E-state index < -0.39 is 16.1 Å². The van der Waals surface area contributed by atoms with Crippen LogP contribution < -0.4 is 14.2 Å². The Morgan fingerprint density at radius 2 is 1.74 bits per heavy atom. The Morgan fingerprint density at radius 1 is 1.10 bits per heavy atom. The second-order valence-electron chi connectivity index (χ2n) is 8.77. The third-order valence-corrected chi connectivity index (χ3v) is 8.17. The molecule has 2 amide bonds. The van der Waals surface area contributed by atoms with Crippen LogP contribution in [0, 0.1) is 12.7 Å². The van der Waals surface area contributed by atoms with E-state index in [1.807, 2.05) is 11.6 Å². The van der Waals surface area contributed by atoms with Crippen LogP contribution in [0.25, 0.3) is 0 Å². The van der Waals surface area contributed by atoms with E-state index in [0.717, 1.165) is 21.2 Å². The summed E-state index contributed by atoms with van der Waals surface area (Å²) in [5.74, 6) is -0.557. The summed E-state index contributed by atoms with van der Waals surface area (Å²) in [7, 11) is 1.60. The summed E-state index contributed by atoms with van der Waals surface area (Å²) in [6, 6.07) is 9.71. The Morgan fingerprint density at radius 3 is 2.33 bits per heavy atom. The summed E-state index contributed by atoms with van der Waals surface area (Å²) >= 11 is 1.12. The lowest BCUT2D eigenvalue weighted by Gasteiger charge is -2.23. The number of nitrogens with zero attached hydrogens (tertiary/aromatic N) is 3. The number of halogens is 1. The third kappa shape index (κ3) is 7.52. The molecule has 1 aromatic heterocycles. The third-order valence-electron chi connectivity index (χ3n) is 5.93. The van der Waals surface area contributed by atoms with Crippen molar-refractivity contribution in [3.8, 4) is 11.5 Å². The number of aromatic nitrogens is 1. The van der Waals surface area contributed by atoms with Gasteiger partial charge in [0.15, 0.2) is 0 Å². The van der Waals surface area contributed by atoms with E-state index in [4.69, 9.17) is 9.47 Å². The van der Waals surface area contributed by atoms with Gasteiger partial charge in [-0.1, -0.05) is 18.2 Å². The maximum absolute atomic E-state index is 14.1. The first-order valence-corrected chi connectivity index (χ1v) is 14.2. The lowest BCUT2D eigenvalue weighted by atomic mass is 10.1. The molecule has 39 heavy (non-hydrogen) atoms. The normalized spacial score (nSPS) is 11.4. The number of rotatable bonds is 12. The van der Waals surface area contributed by atoms with Crippen LogP contribution in [0.4, 0.5) is 4.39 Å². The van der Waals surface area contributed by atoms with Crippen LogP contribution in [0.2, 0.25) is 0 Å². The number of amides is 2. The zero-order chi connectivity index (χ0) is 28.7. The number of carbonyl (C=O) groups is 2. The molecule has 1 heterocycles. The molecule has 13 heteroatoms. The smallest absolute Gasteiger partial charge is 0.303 e. The van der Waals surface area contributed by atoms with E-state index in [-0.39, 0.29) is 30.5 Å². The van der Waals surface area contributed by atoms with Gasteiger partial charge in [0.2, 0.25) is 0 Å². The van der Waals surface area contributed by atoms with Gasteiger partial charge in [0.05, 0.1) is 20.8 Å². The van der Waals surface area contributed by atoms with Gasteiger partial charge in [-0.05, 0) is 43.5 Å². The molecule has 0 unspecified atom stereocenters. The monoisotopic (exact) mass is 578 g/mol. The lowest BCUT2D eigenvalue weighted by Crippen LogP contribution is -2.39. The molecule has 10 nitrogen and oxygen atoms in total. The SMILES string of the molecule is COc1cc(C(=O)N(CCCc2ccccc2F)Cc2nc(C(=O)NS(=O)(=O)N(C)C)cs2)cc(OC)c1C. The fraction of sp³-hybridized carbons (Fsp3) is 0.346. The van der Waals surface area contributed by atoms with E-state index in [1.165, 1.54) is 39.8 Å². The number of hydrogen-bond donors (Lipinski definition) is 1. The molecule has 0 radical (unpaired) electrons. The Bertz CT molecular complexity index is 1420. The molecule has 1 N–H and O–H groups in total. The summed E-state index contributed by atoms with van der Waals surface area (Å²) in [6.45, 7) is 2.13. The highest BCUT2D eigenvalue weighted by Crippen LogP contribution is 2.30. The van der Waals surface area contributed by atoms with Crippen LogP contribution in [0.5, 0.6) is 11.5 Å². The second kappa shape index (κ2) is 13.0. The highest BCUT2D eigenvalue weighted by Gasteiger charge is 2.23. The topological polar surface area (TPSA) is 118 Å². The zero-order valence-electron chi connectivity index (χ0n) is 22.4. The highest BCUT2D eigenvalue weighted by molar-refractivity contribution is 7.87. The van der Waals surface area contributed by atoms with Gasteiger partial charge in [-0.25, -0.2) is 14.1 Å². The van der Waals surface area contributed by atoms with Crippen molar-refractivity contribution in [1.82, 2.24) is 18.9 Å². The van der Waals surface area contributed by atoms with Crippen molar-refractivity contribution in [2.75, 3.05) is 34.9 Å². The fourth-order valence-electron chi connectivity index (χ4n) is 3.72. The molecule has 3 aromatic rings. The molecule has 0 aliphatic carbocycles. The van der Waals surface area contributed by atoms with Crippen LogP contribution in [-0.2, 0) is 23.2 Å². The minimum absolute atomic E-state index is 0.0486. The van der Waals surface area contributed by atoms with Crippen LogP contribution in [0.1, 0.15) is 43.4 Å². The number of benzene rings is 2. The minimum Gasteiger partial charge on any atom is -0.496 e. The van der Waals surface area contributed by atoms with Gasteiger partial charge < -0.3 is 14.4 Å². The van der Waals surface area contributed by atoms with Crippen molar-refractivity contribution in [1.29, 1.82) is 0 Å². The Kier molecular flexibility index (Phi) is 10.0. The zero-order valence-corrected chi connectivity index (χ0v) is 24.0. The predicted octanol–water partition coefficient (Wildman–Crippen LogP) is 3.42. The number of thiazole rings is 1. The molecule has 0 aliphatic rings. The van der Waals surface area contributed by atoms with Crippen molar-refractivity contribution in [3.05, 3.63) is 75.0 Å². The average molecular weight is 579 g/mol. The average Bonchev–Trinajstić information content (AvgIpc) is 3.37. The molecule has 0 atom stereocenters. The van der Waals surface area contributed by atoms with Gasteiger partial charge in [0, 0.05) is 37.1 Å². The number of nitrogens with one attached hydrogen (secondary N) is 1. The summed E-state index contributed by atoms with van der Waals surface area (Å²) in [4.78, 5) is 31.9. The van der Waals surface area contributed by atoms with Gasteiger partial charge in [-0.15, -0.1) is 11.3 Å². The van der Waals surface area contributed by atoms with E-state index in [9.17, 15) is 22.4 Å². The van der Waals surface area contributed by atoms with E-state index >= 15 is 0 Å². The Labute approximate surface area is 231 Å². The minimum atomic E-state index is -3.99. The van der Waals surface area contributed by atoms with Crippen molar-refractivity contribution < 1.29 is 31.9 Å². The Hall–Kier alpha value is -3.55. The molecule has 0 saturated carbocycles. The first-order chi connectivity index (χ1) is 18.5. The van der Waals surface area contributed by atoms with Crippen molar-refractivity contribution >= 4 is 33.4 Å². The summed E-state index contributed by atoms with van der Waals surface area (Å²) in [5, 5.41) is 1.85. The predicted molar refractivity (Wildman–Crippen MR) is 146 cm³/mol. The summed E-state index contributed by atoms with van der Waals surface area (Å²) in [5.41, 5.74) is 1.52. The quantitative estimate of drug-likeness (QED) is 0.350. The molecular weight excluding hydrogens is 547 g/mol. The van der Waals surface area contributed by atoms with Gasteiger partial charge in [-0.3, -0.25) is 9.59 Å². The number of ether oxygens (including phenoxy) is 2. The maximum Gasteiger partial charge on any atom is 0.303 e. The van der Waals surface area contributed by atoms with Gasteiger partial charge >= 0.3 is 10.2 Å². The van der Waals surface area contributed by atoms with Gasteiger partial charge in [0.25, 0.3) is 11.8 Å². The molecule has 0 aliphatic heterocycles. The van der Waals surface area contributed by atoms with Gasteiger partial charge in [-0.2, -0.15) is 12.7 Å². The van der Waals surface area contributed by atoms with Gasteiger partial charge in [0.1, 0.15) is 28.0 Å². The van der Waals surface area contributed by atoms with E-state index in [0.29, 0.717) is 40.5 Å². The molecular formula is C26H31FN4O6S2. The van der Waals surface area contributed by atoms with Crippen molar-refractivity contribution in [2.45, 2.75) is 26.3 Å². The molecule has 2 aromatic carbocycles. The molecule has 0 bridgehead atoms. The number of aryl methyl sites for hydroxylation is 1. The van der Waals surface area contributed by atoms with E-state index in [2.05, 4.69) is 4.98 Å².